The van der Waals surface area contributed by atoms with Crippen LogP contribution in [0.3, 0.4) is 0 Å². The number of nitrogens with one attached hydrogen (secondary N) is 1. The highest BCUT2D eigenvalue weighted by molar-refractivity contribution is 6.31. The molecule has 0 aliphatic carbocycles. The highest BCUT2D eigenvalue weighted by Gasteiger charge is 2.14. The molecule has 0 fully saturated rings. The molecule has 0 saturated carbocycles. The summed E-state index contributed by atoms with van der Waals surface area (Å²) < 4.78 is 13.0. The Morgan fingerprint density at radius 3 is 2.59 bits per heavy atom. The van der Waals surface area contributed by atoms with Crippen molar-refractivity contribution in [3.63, 3.8) is 0 Å². The summed E-state index contributed by atoms with van der Waals surface area (Å²) in [5.74, 6) is -0.286. The third-order valence-corrected chi connectivity index (χ3v) is 3.37. The highest BCUT2D eigenvalue weighted by Crippen LogP contribution is 2.24. The normalized spacial score (nSPS) is 14.6. The van der Waals surface area contributed by atoms with E-state index in [1.165, 1.54) is 12.1 Å². The molecule has 0 bridgehead atoms. The van der Waals surface area contributed by atoms with Gasteiger partial charge in [-0.15, -0.1) is 0 Å². The highest BCUT2D eigenvalue weighted by atomic mass is 35.5. The van der Waals surface area contributed by atoms with Crippen molar-refractivity contribution < 1.29 is 4.39 Å². The number of hydrogen-bond acceptors (Lipinski definition) is 1. The lowest BCUT2D eigenvalue weighted by Gasteiger charge is -2.23. The van der Waals surface area contributed by atoms with Gasteiger partial charge in [-0.05, 0) is 37.5 Å². The van der Waals surface area contributed by atoms with Gasteiger partial charge in [-0.25, -0.2) is 4.39 Å². The lowest BCUT2D eigenvalue weighted by molar-refractivity contribution is 0.417. The molecule has 2 unspecified atom stereocenters. The number of halogens is 2. The lowest BCUT2D eigenvalue weighted by Crippen LogP contribution is -2.31. The molecule has 0 heterocycles. The van der Waals surface area contributed by atoms with E-state index in [1.807, 2.05) is 0 Å². The molecule has 3 heteroatoms. The van der Waals surface area contributed by atoms with Gasteiger partial charge in [-0.1, -0.05) is 37.9 Å². The quantitative estimate of drug-likeness (QED) is 0.778. The molecule has 96 valence electrons. The van der Waals surface area contributed by atoms with Crippen molar-refractivity contribution in [3.8, 4) is 0 Å². The molecule has 0 aromatic heterocycles. The van der Waals surface area contributed by atoms with Crippen molar-refractivity contribution in [1.29, 1.82) is 0 Å². The lowest BCUT2D eigenvalue weighted by atomic mass is 10.0. The maximum atomic E-state index is 13.0. The molecule has 0 aliphatic rings. The van der Waals surface area contributed by atoms with Crippen molar-refractivity contribution >= 4 is 11.6 Å². The summed E-state index contributed by atoms with van der Waals surface area (Å²) in [4.78, 5) is 0. The van der Waals surface area contributed by atoms with Crippen molar-refractivity contribution in [2.24, 2.45) is 0 Å². The zero-order chi connectivity index (χ0) is 12.8. The predicted octanol–water partition coefficient (Wildman–Crippen LogP) is 4.71. The summed E-state index contributed by atoms with van der Waals surface area (Å²) >= 11 is 6.05. The van der Waals surface area contributed by atoms with E-state index in [4.69, 9.17) is 11.6 Å². The molecule has 1 aromatic rings. The molecular weight excluding hydrogens is 237 g/mol. The molecule has 17 heavy (non-hydrogen) atoms. The van der Waals surface area contributed by atoms with Gasteiger partial charge in [-0.3, -0.25) is 0 Å². The molecule has 1 N–H and O–H groups in total. The van der Waals surface area contributed by atoms with Gasteiger partial charge in [0.2, 0.25) is 0 Å². The number of rotatable bonds is 6. The van der Waals surface area contributed by atoms with Crippen molar-refractivity contribution in [2.75, 3.05) is 0 Å². The molecule has 0 aliphatic heterocycles. The van der Waals surface area contributed by atoms with Gasteiger partial charge in [0.1, 0.15) is 5.82 Å². The average molecular weight is 258 g/mol. The topological polar surface area (TPSA) is 12.0 Å². The van der Waals surface area contributed by atoms with Crippen LogP contribution in [0.5, 0.6) is 0 Å². The van der Waals surface area contributed by atoms with E-state index in [0.29, 0.717) is 11.1 Å². The van der Waals surface area contributed by atoms with Crippen molar-refractivity contribution in [2.45, 2.75) is 52.1 Å². The van der Waals surface area contributed by atoms with Crippen LogP contribution in [-0.2, 0) is 0 Å². The van der Waals surface area contributed by atoms with E-state index >= 15 is 0 Å². The van der Waals surface area contributed by atoms with Crippen LogP contribution >= 0.6 is 11.6 Å². The third kappa shape index (κ3) is 4.29. The Kier molecular flexibility index (Phi) is 5.93. The second kappa shape index (κ2) is 6.97. The largest absolute Gasteiger partial charge is 0.307 e. The van der Waals surface area contributed by atoms with E-state index in [1.54, 1.807) is 6.07 Å². The first-order valence-electron chi connectivity index (χ1n) is 6.29. The second-order valence-electron chi connectivity index (χ2n) is 4.45. The van der Waals surface area contributed by atoms with Gasteiger partial charge in [0.25, 0.3) is 0 Å². The minimum atomic E-state index is -0.286. The van der Waals surface area contributed by atoms with Gasteiger partial charge in [0.05, 0.1) is 0 Å². The van der Waals surface area contributed by atoms with Crippen LogP contribution in [0.2, 0.25) is 5.02 Å². The third-order valence-electron chi connectivity index (χ3n) is 3.04. The van der Waals surface area contributed by atoms with Crippen LogP contribution in [0.25, 0.3) is 0 Å². The maximum Gasteiger partial charge on any atom is 0.124 e. The van der Waals surface area contributed by atoms with Crippen LogP contribution < -0.4 is 5.32 Å². The fourth-order valence-electron chi connectivity index (χ4n) is 2.05. The van der Waals surface area contributed by atoms with Crippen LogP contribution in [0, 0.1) is 5.82 Å². The smallest absolute Gasteiger partial charge is 0.124 e. The zero-order valence-electron chi connectivity index (χ0n) is 10.8. The molecule has 0 saturated heterocycles. The van der Waals surface area contributed by atoms with E-state index in [9.17, 15) is 4.39 Å². The summed E-state index contributed by atoms with van der Waals surface area (Å²) in [5.41, 5.74) is 0.961. The Labute approximate surface area is 108 Å². The van der Waals surface area contributed by atoms with Crippen LogP contribution in [0.15, 0.2) is 18.2 Å². The Morgan fingerprint density at radius 2 is 2.06 bits per heavy atom. The van der Waals surface area contributed by atoms with Crippen molar-refractivity contribution in [3.05, 3.63) is 34.6 Å². The number of benzene rings is 1. The molecule has 0 amide bonds. The molecule has 1 aromatic carbocycles. The summed E-state index contributed by atoms with van der Waals surface area (Å²) in [6, 6.07) is 5.24. The van der Waals surface area contributed by atoms with Crippen LogP contribution in [0.4, 0.5) is 4.39 Å². The van der Waals surface area contributed by atoms with E-state index in [0.717, 1.165) is 24.8 Å². The Balaban J connectivity index is 2.71. The van der Waals surface area contributed by atoms with Gasteiger partial charge in [0, 0.05) is 17.1 Å². The Bertz CT molecular complexity index is 354. The van der Waals surface area contributed by atoms with Gasteiger partial charge >= 0.3 is 0 Å². The first kappa shape index (κ1) is 14.5. The van der Waals surface area contributed by atoms with Gasteiger partial charge in [0.15, 0.2) is 0 Å². The fraction of sp³-hybridized carbons (Fsp3) is 0.571. The summed E-state index contributed by atoms with van der Waals surface area (Å²) in [7, 11) is 0. The number of hydrogen-bond donors (Lipinski definition) is 1. The standard InChI is InChI=1S/C14H21ClFN/c1-4-6-12(5-2)17-10(3)13-8-7-11(16)9-14(13)15/h7-10,12,17H,4-6H2,1-3H3. The summed E-state index contributed by atoms with van der Waals surface area (Å²) in [6.45, 7) is 6.42. The predicted molar refractivity (Wildman–Crippen MR) is 71.9 cm³/mol. The molecule has 2 atom stereocenters. The Hall–Kier alpha value is -0.600. The average Bonchev–Trinajstić information content (AvgIpc) is 2.28. The van der Waals surface area contributed by atoms with Crippen LogP contribution in [-0.4, -0.2) is 6.04 Å². The fourth-order valence-corrected chi connectivity index (χ4v) is 2.38. The monoisotopic (exact) mass is 257 g/mol. The molecule has 1 nitrogen and oxygen atoms in total. The molecule has 1 rings (SSSR count). The maximum absolute atomic E-state index is 13.0. The molecule has 0 spiro atoms. The minimum Gasteiger partial charge on any atom is -0.307 e. The molecule has 0 radical (unpaired) electrons. The Morgan fingerprint density at radius 1 is 1.35 bits per heavy atom. The van der Waals surface area contributed by atoms with Gasteiger partial charge < -0.3 is 5.32 Å². The minimum absolute atomic E-state index is 0.152. The van der Waals surface area contributed by atoms with Crippen LogP contribution in [0.1, 0.15) is 51.6 Å². The van der Waals surface area contributed by atoms with E-state index < -0.39 is 0 Å². The van der Waals surface area contributed by atoms with Crippen molar-refractivity contribution in [1.82, 2.24) is 5.32 Å². The summed E-state index contributed by atoms with van der Waals surface area (Å²) in [6.07, 6.45) is 3.41. The SMILES string of the molecule is CCCC(CC)NC(C)c1ccc(F)cc1Cl. The van der Waals surface area contributed by atoms with Gasteiger partial charge in [-0.2, -0.15) is 0 Å². The van der Waals surface area contributed by atoms with E-state index in [-0.39, 0.29) is 11.9 Å². The first-order chi connectivity index (χ1) is 8.08. The zero-order valence-corrected chi connectivity index (χ0v) is 11.5. The van der Waals surface area contributed by atoms with E-state index in [2.05, 4.69) is 26.1 Å². The first-order valence-corrected chi connectivity index (χ1v) is 6.67. The molecular formula is C14H21ClFN. The summed E-state index contributed by atoms with van der Waals surface area (Å²) in [5, 5.41) is 4.03. The second-order valence-corrected chi connectivity index (χ2v) is 4.86.